The Balaban J connectivity index is 1.97. The van der Waals surface area contributed by atoms with E-state index in [-0.39, 0.29) is 0 Å². The number of nitrogens with zero attached hydrogens (tertiary/aromatic N) is 2. The van der Waals surface area contributed by atoms with Crippen molar-refractivity contribution >= 4 is 5.82 Å². The van der Waals surface area contributed by atoms with E-state index in [1.807, 2.05) is 18.3 Å². The molecule has 1 fully saturated rings. The number of aromatic nitrogens is 1. The van der Waals surface area contributed by atoms with Crippen LogP contribution in [0.2, 0.25) is 0 Å². The Morgan fingerprint density at radius 2 is 2.37 bits per heavy atom. The molecule has 0 saturated carbocycles. The Bertz CT molecular complexity index is 387. The van der Waals surface area contributed by atoms with E-state index < -0.39 is 0 Å². The van der Waals surface area contributed by atoms with Gasteiger partial charge < -0.3 is 19.7 Å². The van der Waals surface area contributed by atoms with Crippen molar-refractivity contribution in [3.8, 4) is 5.75 Å². The molecule has 2 rings (SSSR count). The van der Waals surface area contributed by atoms with Crippen LogP contribution in [0.25, 0.3) is 0 Å². The van der Waals surface area contributed by atoms with Crippen LogP contribution in [0.1, 0.15) is 12.8 Å². The van der Waals surface area contributed by atoms with Gasteiger partial charge in [-0.25, -0.2) is 4.98 Å². The summed E-state index contributed by atoms with van der Waals surface area (Å²) in [7, 11) is 3.42. The third-order valence-electron chi connectivity index (χ3n) is 3.48. The van der Waals surface area contributed by atoms with E-state index in [0.29, 0.717) is 6.04 Å². The van der Waals surface area contributed by atoms with Crippen LogP contribution < -0.4 is 15.0 Å². The highest BCUT2D eigenvalue weighted by atomic mass is 16.5. The van der Waals surface area contributed by atoms with Gasteiger partial charge in [0.2, 0.25) is 0 Å². The van der Waals surface area contributed by atoms with Crippen LogP contribution in [0.4, 0.5) is 5.82 Å². The molecule has 0 amide bonds. The zero-order valence-corrected chi connectivity index (χ0v) is 11.8. The first-order valence-electron chi connectivity index (χ1n) is 6.82. The van der Waals surface area contributed by atoms with E-state index in [2.05, 4.69) is 15.2 Å². The van der Waals surface area contributed by atoms with Gasteiger partial charge >= 0.3 is 0 Å². The highest BCUT2D eigenvalue weighted by molar-refractivity contribution is 5.53. The molecule has 1 aliphatic rings. The van der Waals surface area contributed by atoms with Crippen molar-refractivity contribution in [1.82, 2.24) is 10.3 Å². The first-order valence-corrected chi connectivity index (χ1v) is 6.82. The normalized spacial score (nSPS) is 18.8. The molecule has 0 bridgehead atoms. The quantitative estimate of drug-likeness (QED) is 0.753. The molecule has 1 unspecified atom stereocenters. The third kappa shape index (κ3) is 3.58. The fraction of sp³-hybridized carbons (Fsp3) is 0.643. The van der Waals surface area contributed by atoms with Crippen LogP contribution in [0.3, 0.4) is 0 Å². The number of nitrogens with one attached hydrogen (secondary N) is 1. The maximum absolute atomic E-state index is 5.40. The third-order valence-corrected chi connectivity index (χ3v) is 3.48. The molecule has 1 aromatic heterocycles. The number of hydrogen-bond acceptors (Lipinski definition) is 5. The lowest BCUT2D eigenvalue weighted by molar-refractivity contribution is 0.199. The van der Waals surface area contributed by atoms with Crippen LogP contribution in [0, 0.1) is 0 Å². The number of hydrogen-bond donors (Lipinski definition) is 1. The minimum atomic E-state index is 0.487. The molecule has 1 atom stereocenters. The zero-order chi connectivity index (χ0) is 13.5. The van der Waals surface area contributed by atoms with Gasteiger partial charge in [-0.2, -0.15) is 0 Å². The SMILES string of the molecule is COCCNCC1CCCN1c1ncccc1OC. The van der Waals surface area contributed by atoms with Gasteiger partial charge in [0.15, 0.2) is 11.6 Å². The van der Waals surface area contributed by atoms with Gasteiger partial charge in [0, 0.05) is 39.0 Å². The molecule has 0 aromatic carbocycles. The Morgan fingerprint density at radius 3 is 3.16 bits per heavy atom. The van der Waals surface area contributed by atoms with Crippen molar-refractivity contribution in [3.63, 3.8) is 0 Å². The second kappa shape index (κ2) is 7.31. The van der Waals surface area contributed by atoms with E-state index in [1.54, 1.807) is 14.2 Å². The summed E-state index contributed by atoms with van der Waals surface area (Å²) >= 11 is 0. The van der Waals surface area contributed by atoms with Crippen LogP contribution in [0.5, 0.6) is 5.75 Å². The van der Waals surface area contributed by atoms with Crippen molar-refractivity contribution in [2.45, 2.75) is 18.9 Å². The van der Waals surface area contributed by atoms with Crippen LogP contribution >= 0.6 is 0 Å². The standard InChI is InChI=1S/C14H23N3O2/c1-18-10-8-15-11-12-5-4-9-17(12)14-13(19-2)6-3-7-16-14/h3,6-7,12,15H,4-5,8-11H2,1-2H3. The lowest BCUT2D eigenvalue weighted by Crippen LogP contribution is -2.39. The highest BCUT2D eigenvalue weighted by Crippen LogP contribution is 2.30. The fourth-order valence-electron chi connectivity index (χ4n) is 2.53. The molecule has 1 saturated heterocycles. The summed E-state index contributed by atoms with van der Waals surface area (Å²) in [5.41, 5.74) is 0. The zero-order valence-electron chi connectivity index (χ0n) is 11.8. The maximum atomic E-state index is 5.40. The molecule has 5 heteroatoms. The molecule has 0 aliphatic carbocycles. The predicted molar refractivity (Wildman–Crippen MR) is 75.9 cm³/mol. The summed E-state index contributed by atoms with van der Waals surface area (Å²) in [6.45, 7) is 3.65. The molecule has 0 radical (unpaired) electrons. The summed E-state index contributed by atoms with van der Waals surface area (Å²) in [4.78, 5) is 6.82. The molecule has 0 spiro atoms. The number of ether oxygens (including phenoxy) is 2. The van der Waals surface area contributed by atoms with Crippen LogP contribution in [-0.4, -0.2) is 51.5 Å². The Labute approximate surface area is 114 Å². The molecule has 2 heterocycles. The molecule has 1 aliphatic heterocycles. The molecular formula is C14H23N3O2. The van der Waals surface area contributed by atoms with E-state index in [9.17, 15) is 0 Å². The van der Waals surface area contributed by atoms with E-state index in [4.69, 9.17) is 9.47 Å². The van der Waals surface area contributed by atoms with Gasteiger partial charge in [0.1, 0.15) is 0 Å². The van der Waals surface area contributed by atoms with Gasteiger partial charge in [0.25, 0.3) is 0 Å². The predicted octanol–water partition coefficient (Wildman–Crippen LogP) is 1.29. The molecule has 19 heavy (non-hydrogen) atoms. The number of anilines is 1. The topological polar surface area (TPSA) is 46.6 Å². The average molecular weight is 265 g/mol. The maximum Gasteiger partial charge on any atom is 0.171 e. The summed E-state index contributed by atoms with van der Waals surface area (Å²) in [5, 5.41) is 3.43. The fourth-order valence-corrected chi connectivity index (χ4v) is 2.53. The van der Waals surface area contributed by atoms with Crippen molar-refractivity contribution in [2.75, 3.05) is 45.4 Å². The molecular weight excluding hydrogens is 242 g/mol. The van der Waals surface area contributed by atoms with Crippen molar-refractivity contribution in [1.29, 1.82) is 0 Å². The lowest BCUT2D eigenvalue weighted by Gasteiger charge is -2.27. The van der Waals surface area contributed by atoms with Crippen molar-refractivity contribution in [3.05, 3.63) is 18.3 Å². The van der Waals surface area contributed by atoms with E-state index in [0.717, 1.165) is 37.8 Å². The summed E-state index contributed by atoms with van der Waals surface area (Å²) in [5.74, 6) is 1.81. The summed E-state index contributed by atoms with van der Waals surface area (Å²) in [6.07, 6.45) is 4.22. The largest absolute Gasteiger partial charge is 0.493 e. The second-order valence-electron chi connectivity index (χ2n) is 4.72. The van der Waals surface area contributed by atoms with Crippen molar-refractivity contribution in [2.24, 2.45) is 0 Å². The minimum Gasteiger partial charge on any atom is -0.493 e. The number of rotatable bonds is 7. The van der Waals surface area contributed by atoms with Gasteiger partial charge in [-0.05, 0) is 25.0 Å². The van der Waals surface area contributed by atoms with Gasteiger partial charge in [-0.3, -0.25) is 0 Å². The van der Waals surface area contributed by atoms with Gasteiger partial charge in [0.05, 0.1) is 13.7 Å². The molecule has 1 aromatic rings. The average Bonchev–Trinajstić information content (AvgIpc) is 2.92. The smallest absolute Gasteiger partial charge is 0.171 e. The molecule has 106 valence electrons. The minimum absolute atomic E-state index is 0.487. The monoisotopic (exact) mass is 265 g/mol. The van der Waals surface area contributed by atoms with Crippen molar-refractivity contribution < 1.29 is 9.47 Å². The lowest BCUT2D eigenvalue weighted by atomic mass is 10.2. The number of methoxy groups -OCH3 is 2. The van der Waals surface area contributed by atoms with E-state index >= 15 is 0 Å². The number of pyridine rings is 1. The summed E-state index contributed by atoms with van der Waals surface area (Å²) in [6, 6.07) is 4.36. The van der Waals surface area contributed by atoms with Gasteiger partial charge in [-0.1, -0.05) is 0 Å². The first-order chi connectivity index (χ1) is 9.36. The first kappa shape index (κ1) is 14.1. The highest BCUT2D eigenvalue weighted by Gasteiger charge is 2.27. The second-order valence-corrected chi connectivity index (χ2v) is 4.72. The summed E-state index contributed by atoms with van der Waals surface area (Å²) < 4.78 is 10.5. The molecule has 1 N–H and O–H groups in total. The van der Waals surface area contributed by atoms with Crippen LogP contribution in [0.15, 0.2) is 18.3 Å². The Morgan fingerprint density at radius 1 is 1.47 bits per heavy atom. The van der Waals surface area contributed by atoms with Crippen LogP contribution in [-0.2, 0) is 4.74 Å². The van der Waals surface area contributed by atoms with E-state index in [1.165, 1.54) is 12.8 Å². The Kier molecular flexibility index (Phi) is 5.42. The Hall–Kier alpha value is -1.33. The van der Waals surface area contributed by atoms with Gasteiger partial charge in [-0.15, -0.1) is 0 Å². The molecule has 5 nitrogen and oxygen atoms in total.